The fourth-order valence-electron chi connectivity index (χ4n) is 3.75. The summed E-state index contributed by atoms with van der Waals surface area (Å²) in [6.45, 7) is 0. The molecule has 1 atom stereocenters. The molecule has 1 amide bonds. The van der Waals surface area contributed by atoms with Gasteiger partial charge in [0, 0.05) is 29.4 Å². The average molecular weight is 446 g/mol. The van der Waals surface area contributed by atoms with Gasteiger partial charge in [0.05, 0.1) is 23.6 Å². The number of hydrogen-bond acceptors (Lipinski definition) is 7. The maximum atomic E-state index is 13.1. The zero-order valence-corrected chi connectivity index (χ0v) is 17.3. The Balaban J connectivity index is 1.95. The van der Waals surface area contributed by atoms with E-state index in [1.165, 1.54) is 54.5 Å². The molecule has 3 aromatic carbocycles. The highest BCUT2D eigenvalue weighted by Gasteiger charge is 2.47. The summed E-state index contributed by atoms with van der Waals surface area (Å²) in [4.78, 5) is 38.0. The van der Waals surface area contributed by atoms with E-state index < -0.39 is 28.4 Å². The first-order valence-electron chi connectivity index (χ1n) is 9.80. The van der Waals surface area contributed by atoms with Gasteiger partial charge in [-0.25, -0.2) is 0 Å². The zero-order valence-electron chi connectivity index (χ0n) is 17.3. The topological polar surface area (TPSA) is 130 Å². The highest BCUT2D eigenvalue weighted by Crippen LogP contribution is 2.43. The third-order valence-corrected chi connectivity index (χ3v) is 5.32. The molecule has 2 N–H and O–H groups in total. The Labute approximate surface area is 187 Å². The van der Waals surface area contributed by atoms with Crippen LogP contribution < -0.4 is 9.64 Å². The van der Waals surface area contributed by atoms with E-state index in [2.05, 4.69) is 0 Å². The molecule has 0 saturated carbocycles. The molecular formula is C24H18N2O7. The number of rotatable bonds is 5. The van der Waals surface area contributed by atoms with Crippen molar-refractivity contribution >= 4 is 28.8 Å². The number of carbonyl (C=O) groups excluding carboxylic acids is 2. The van der Waals surface area contributed by atoms with Crippen molar-refractivity contribution in [1.82, 2.24) is 0 Å². The van der Waals surface area contributed by atoms with Crippen molar-refractivity contribution in [2.45, 2.75) is 6.04 Å². The van der Waals surface area contributed by atoms with Crippen LogP contribution in [0, 0.1) is 10.1 Å². The number of aliphatic hydroxyl groups is 1. The normalized spacial score (nSPS) is 17.2. The number of nitro benzene ring substituents is 1. The lowest BCUT2D eigenvalue weighted by Gasteiger charge is -2.25. The summed E-state index contributed by atoms with van der Waals surface area (Å²) in [6.07, 6.45) is 0. The summed E-state index contributed by atoms with van der Waals surface area (Å²) < 4.78 is 5.23. The standard InChI is InChI=1S/C24H18N2O7/c1-33-19-7-3-5-16(13-19)25-21(14-8-10-18(27)11-9-14)20(23(29)24(25)30)22(28)15-4-2-6-17(12-15)26(31)32/h2-13,21,27-28H,1H3/b22-20-. The number of ketones is 1. The van der Waals surface area contributed by atoms with Crippen molar-refractivity contribution in [3.05, 3.63) is 99.6 Å². The first kappa shape index (κ1) is 21.6. The van der Waals surface area contributed by atoms with Crippen molar-refractivity contribution in [2.24, 2.45) is 0 Å². The van der Waals surface area contributed by atoms with Crippen molar-refractivity contribution in [3.8, 4) is 11.5 Å². The van der Waals surface area contributed by atoms with Crippen LogP contribution >= 0.6 is 0 Å². The van der Waals surface area contributed by atoms with Crippen LogP contribution in [-0.4, -0.2) is 33.9 Å². The van der Waals surface area contributed by atoms with Gasteiger partial charge in [-0.15, -0.1) is 0 Å². The second-order valence-corrected chi connectivity index (χ2v) is 7.27. The van der Waals surface area contributed by atoms with Crippen LogP contribution in [0.4, 0.5) is 11.4 Å². The van der Waals surface area contributed by atoms with Gasteiger partial charge in [0.1, 0.15) is 17.3 Å². The number of Topliss-reactive ketones (excluding diaryl/α,β-unsaturated/α-hetero) is 1. The van der Waals surface area contributed by atoms with Gasteiger partial charge in [0.2, 0.25) is 0 Å². The van der Waals surface area contributed by atoms with Gasteiger partial charge in [-0.1, -0.05) is 30.3 Å². The van der Waals surface area contributed by atoms with E-state index in [1.54, 1.807) is 24.3 Å². The van der Waals surface area contributed by atoms with Crippen molar-refractivity contribution in [3.63, 3.8) is 0 Å². The molecule has 3 aromatic rings. The lowest BCUT2D eigenvalue weighted by molar-refractivity contribution is -0.384. The Morgan fingerprint density at radius 3 is 2.39 bits per heavy atom. The molecule has 0 spiro atoms. The summed E-state index contributed by atoms with van der Waals surface area (Å²) >= 11 is 0. The molecule has 0 bridgehead atoms. The number of benzene rings is 3. The number of methoxy groups -OCH3 is 1. The highest BCUT2D eigenvalue weighted by atomic mass is 16.6. The number of anilines is 1. The van der Waals surface area contributed by atoms with Crippen molar-refractivity contribution in [1.29, 1.82) is 0 Å². The highest BCUT2D eigenvalue weighted by molar-refractivity contribution is 6.51. The molecule has 1 heterocycles. The number of nitro groups is 1. The number of aliphatic hydroxyl groups excluding tert-OH is 1. The van der Waals surface area contributed by atoms with Crippen LogP contribution in [0.15, 0.2) is 78.4 Å². The van der Waals surface area contributed by atoms with Crippen LogP contribution in [0.2, 0.25) is 0 Å². The maximum Gasteiger partial charge on any atom is 0.300 e. The van der Waals surface area contributed by atoms with Crippen LogP contribution in [0.25, 0.3) is 5.76 Å². The number of carbonyl (C=O) groups is 2. The summed E-state index contributed by atoms with van der Waals surface area (Å²) in [6, 6.07) is 16.5. The van der Waals surface area contributed by atoms with E-state index in [0.29, 0.717) is 17.0 Å². The fourth-order valence-corrected chi connectivity index (χ4v) is 3.75. The smallest absolute Gasteiger partial charge is 0.300 e. The minimum atomic E-state index is -1.04. The number of non-ortho nitro benzene ring substituents is 1. The Hall–Kier alpha value is -4.66. The number of ether oxygens (including phenoxy) is 1. The lowest BCUT2D eigenvalue weighted by atomic mass is 9.95. The first-order valence-corrected chi connectivity index (χ1v) is 9.80. The molecule has 9 nitrogen and oxygen atoms in total. The molecule has 4 rings (SSSR count). The SMILES string of the molecule is COc1cccc(N2C(=O)C(=O)/C(=C(\O)c3cccc([N+](=O)[O-])c3)C2c2ccc(O)cc2)c1. The van der Waals surface area contributed by atoms with E-state index in [4.69, 9.17) is 4.74 Å². The molecule has 1 fully saturated rings. The second-order valence-electron chi connectivity index (χ2n) is 7.27. The largest absolute Gasteiger partial charge is 0.508 e. The maximum absolute atomic E-state index is 13.1. The van der Waals surface area contributed by atoms with E-state index in [1.807, 2.05) is 0 Å². The third-order valence-electron chi connectivity index (χ3n) is 5.32. The van der Waals surface area contributed by atoms with Crippen LogP contribution in [0.5, 0.6) is 11.5 Å². The molecule has 1 unspecified atom stereocenters. The molecular weight excluding hydrogens is 428 g/mol. The van der Waals surface area contributed by atoms with Gasteiger partial charge in [-0.3, -0.25) is 24.6 Å². The van der Waals surface area contributed by atoms with Crippen LogP contribution in [0.3, 0.4) is 0 Å². The number of nitrogens with zero attached hydrogens (tertiary/aromatic N) is 2. The quantitative estimate of drug-likeness (QED) is 0.200. The molecule has 0 aromatic heterocycles. The Kier molecular flexibility index (Phi) is 5.53. The van der Waals surface area contributed by atoms with Crippen LogP contribution in [0.1, 0.15) is 17.2 Å². The predicted molar refractivity (Wildman–Crippen MR) is 119 cm³/mol. The Morgan fingerprint density at radius 1 is 1.03 bits per heavy atom. The molecule has 1 saturated heterocycles. The summed E-state index contributed by atoms with van der Waals surface area (Å²) in [5.74, 6) is -1.93. The number of phenolic OH excluding ortho intramolecular Hbond substituents is 1. The monoisotopic (exact) mass is 446 g/mol. The van der Waals surface area contributed by atoms with Gasteiger partial charge in [-0.2, -0.15) is 0 Å². The molecule has 9 heteroatoms. The van der Waals surface area contributed by atoms with Gasteiger partial charge < -0.3 is 14.9 Å². The average Bonchev–Trinajstić information content (AvgIpc) is 3.09. The van der Waals surface area contributed by atoms with Crippen molar-refractivity contribution < 1.29 is 29.5 Å². The second kappa shape index (κ2) is 8.46. The van der Waals surface area contributed by atoms with E-state index in [9.17, 15) is 29.9 Å². The number of aromatic hydroxyl groups is 1. The van der Waals surface area contributed by atoms with E-state index in [0.717, 1.165) is 6.07 Å². The lowest BCUT2D eigenvalue weighted by Crippen LogP contribution is -2.29. The fraction of sp³-hybridized carbons (Fsp3) is 0.0833. The molecule has 166 valence electrons. The molecule has 0 radical (unpaired) electrons. The first-order chi connectivity index (χ1) is 15.8. The van der Waals surface area contributed by atoms with Gasteiger partial charge in [0.25, 0.3) is 17.4 Å². The Morgan fingerprint density at radius 2 is 1.73 bits per heavy atom. The summed E-state index contributed by atoms with van der Waals surface area (Å²) in [5, 5.41) is 31.9. The molecule has 1 aliphatic heterocycles. The van der Waals surface area contributed by atoms with E-state index >= 15 is 0 Å². The van der Waals surface area contributed by atoms with Crippen molar-refractivity contribution in [2.75, 3.05) is 12.0 Å². The van der Waals surface area contributed by atoms with Gasteiger partial charge in [0.15, 0.2) is 0 Å². The summed E-state index contributed by atoms with van der Waals surface area (Å²) in [7, 11) is 1.47. The number of amides is 1. The Bertz CT molecular complexity index is 1300. The minimum absolute atomic E-state index is 0.0178. The molecule has 0 aliphatic carbocycles. The molecule has 33 heavy (non-hydrogen) atoms. The van der Waals surface area contributed by atoms with E-state index in [-0.39, 0.29) is 22.6 Å². The summed E-state index contributed by atoms with van der Waals surface area (Å²) in [5.41, 5.74) is 0.322. The van der Waals surface area contributed by atoms with Gasteiger partial charge >= 0.3 is 0 Å². The zero-order chi connectivity index (χ0) is 23.7. The molecule has 1 aliphatic rings. The predicted octanol–water partition coefficient (Wildman–Crippen LogP) is 3.94. The van der Waals surface area contributed by atoms with Gasteiger partial charge in [-0.05, 0) is 29.8 Å². The van der Waals surface area contributed by atoms with Crippen LogP contribution in [-0.2, 0) is 9.59 Å². The number of phenols is 1. The number of hydrogen-bond donors (Lipinski definition) is 2. The third kappa shape index (κ3) is 3.87. The minimum Gasteiger partial charge on any atom is -0.508 e.